The second kappa shape index (κ2) is 7.67. The van der Waals surface area contributed by atoms with Crippen LogP contribution in [0.4, 0.5) is 0 Å². The predicted molar refractivity (Wildman–Crippen MR) is 46.2 cm³/mol. The van der Waals surface area contributed by atoms with Crippen molar-refractivity contribution in [1.82, 2.24) is 0 Å². The van der Waals surface area contributed by atoms with E-state index in [-0.39, 0.29) is 48.0 Å². The standard InChI is InChI=1S/C6H9N2.2HI/c7-6-8-4-2-1-3-5-8;;/h1-5H,6-7H2;2*1H/q+1;;/p-1. The Bertz CT molecular complexity index is 155. The maximum atomic E-state index is 5.31. The molecule has 0 radical (unpaired) electrons. The van der Waals surface area contributed by atoms with Crippen LogP contribution in [-0.2, 0) is 6.67 Å². The Morgan fingerprint density at radius 1 is 1.10 bits per heavy atom. The van der Waals surface area contributed by atoms with Gasteiger partial charge in [0, 0.05) is 12.1 Å². The molecule has 58 valence electrons. The summed E-state index contributed by atoms with van der Waals surface area (Å²) in [7, 11) is 0. The van der Waals surface area contributed by atoms with Gasteiger partial charge in [0.25, 0.3) is 0 Å². The summed E-state index contributed by atoms with van der Waals surface area (Å²) in [5.41, 5.74) is 5.31. The van der Waals surface area contributed by atoms with Crippen LogP contribution in [0.25, 0.3) is 0 Å². The molecule has 0 fully saturated rings. The lowest BCUT2D eigenvalue weighted by atomic mass is 10.5. The maximum absolute atomic E-state index is 5.31. The molecule has 0 saturated heterocycles. The van der Waals surface area contributed by atoms with E-state index >= 15 is 0 Å². The third kappa shape index (κ3) is 4.40. The molecule has 0 aliphatic carbocycles. The third-order valence-corrected chi connectivity index (χ3v) is 0.988. The van der Waals surface area contributed by atoms with Gasteiger partial charge in [-0.15, -0.1) is 24.0 Å². The van der Waals surface area contributed by atoms with E-state index in [2.05, 4.69) is 0 Å². The Kier molecular flexibility index (Phi) is 10.1. The molecular formula is C6H10I2N2. The molecule has 0 aliphatic heterocycles. The van der Waals surface area contributed by atoms with Crippen LogP contribution in [0.5, 0.6) is 0 Å². The van der Waals surface area contributed by atoms with Crippen molar-refractivity contribution in [3.05, 3.63) is 30.6 Å². The van der Waals surface area contributed by atoms with Crippen LogP contribution in [0.2, 0.25) is 0 Å². The van der Waals surface area contributed by atoms with Gasteiger partial charge in [0.05, 0.1) is 0 Å². The van der Waals surface area contributed by atoms with Crippen molar-refractivity contribution in [2.24, 2.45) is 5.73 Å². The molecular weight excluding hydrogens is 354 g/mol. The first-order valence-electron chi connectivity index (χ1n) is 2.57. The monoisotopic (exact) mass is 364 g/mol. The van der Waals surface area contributed by atoms with Gasteiger partial charge < -0.3 is 24.0 Å². The van der Waals surface area contributed by atoms with E-state index in [1.807, 2.05) is 35.2 Å². The largest absolute Gasteiger partial charge is 1.00 e. The lowest BCUT2D eigenvalue weighted by Gasteiger charge is -1.84. The molecule has 2 N–H and O–H groups in total. The van der Waals surface area contributed by atoms with E-state index in [1.54, 1.807) is 0 Å². The Morgan fingerprint density at radius 3 is 1.90 bits per heavy atom. The molecule has 0 unspecified atom stereocenters. The summed E-state index contributed by atoms with van der Waals surface area (Å²) in [6.07, 6.45) is 3.86. The van der Waals surface area contributed by atoms with E-state index < -0.39 is 0 Å². The van der Waals surface area contributed by atoms with Crippen LogP contribution < -0.4 is 34.3 Å². The highest BCUT2D eigenvalue weighted by Crippen LogP contribution is 1.73. The summed E-state index contributed by atoms with van der Waals surface area (Å²) in [5.74, 6) is 0. The summed E-state index contributed by atoms with van der Waals surface area (Å²) in [6.45, 7) is 0.556. The van der Waals surface area contributed by atoms with Crippen LogP contribution in [0, 0.1) is 0 Å². The first-order valence-corrected chi connectivity index (χ1v) is 2.57. The van der Waals surface area contributed by atoms with E-state index in [0.29, 0.717) is 6.67 Å². The van der Waals surface area contributed by atoms with Gasteiger partial charge in [-0.1, -0.05) is 6.07 Å². The molecule has 1 aromatic rings. The van der Waals surface area contributed by atoms with Crippen LogP contribution >= 0.6 is 24.0 Å². The van der Waals surface area contributed by atoms with Crippen molar-refractivity contribution in [2.45, 2.75) is 6.67 Å². The van der Waals surface area contributed by atoms with Crippen molar-refractivity contribution in [3.8, 4) is 0 Å². The Balaban J connectivity index is 0. The van der Waals surface area contributed by atoms with Gasteiger partial charge in [-0.05, 0) is 0 Å². The molecule has 1 heterocycles. The number of hydrogen-bond donors (Lipinski definition) is 1. The summed E-state index contributed by atoms with van der Waals surface area (Å²) in [6, 6.07) is 5.87. The zero-order valence-corrected chi connectivity index (χ0v) is 9.89. The summed E-state index contributed by atoms with van der Waals surface area (Å²) in [4.78, 5) is 0. The number of halogens is 2. The molecule has 4 heteroatoms. The SMILES string of the molecule is I.NC[n+]1ccccc1.[I-]. The lowest BCUT2D eigenvalue weighted by Crippen LogP contribution is -3.00. The maximum Gasteiger partial charge on any atom is 0.199 e. The average molecular weight is 364 g/mol. The lowest BCUT2D eigenvalue weighted by molar-refractivity contribution is -0.696. The summed E-state index contributed by atoms with van der Waals surface area (Å²) >= 11 is 0. The minimum atomic E-state index is 0. The van der Waals surface area contributed by atoms with Crippen molar-refractivity contribution in [2.75, 3.05) is 0 Å². The molecule has 0 aliphatic rings. The number of pyridine rings is 1. The summed E-state index contributed by atoms with van der Waals surface area (Å²) < 4.78 is 1.90. The molecule has 2 nitrogen and oxygen atoms in total. The van der Waals surface area contributed by atoms with Crippen LogP contribution in [0.15, 0.2) is 30.6 Å². The van der Waals surface area contributed by atoms with Gasteiger partial charge in [-0.2, -0.15) is 4.57 Å². The van der Waals surface area contributed by atoms with E-state index in [0.717, 1.165) is 0 Å². The van der Waals surface area contributed by atoms with E-state index in [4.69, 9.17) is 5.73 Å². The van der Waals surface area contributed by atoms with E-state index in [1.165, 1.54) is 0 Å². The number of nitrogens with zero attached hydrogens (tertiary/aromatic N) is 1. The second-order valence-electron chi connectivity index (χ2n) is 1.57. The Labute approximate surface area is 94.9 Å². The first-order chi connectivity index (χ1) is 3.93. The number of aromatic nitrogens is 1. The van der Waals surface area contributed by atoms with Gasteiger partial charge in [-0.3, -0.25) is 5.73 Å². The van der Waals surface area contributed by atoms with Crippen molar-refractivity contribution in [3.63, 3.8) is 0 Å². The van der Waals surface area contributed by atoms with Gasteiger partial charge in [0.15, 0.2) is 19.1 Å². The quantitative estimate of drug-likeness (QED) is 0.434. The van der Waals surface area contributed by atoms with Gasteiger partial charge in [-0.25, -0.2) is 0 Å². The van der Waals surface area contributed by atoms with Crippen molar-refractivity contribution in [1.29, 1.82) is 0 Å². The topological polar surface area (TPSA) is 29.9 Å². The normalized spacial score (nSPS) is 7.30. The molecule has 0 spiro atoms. The number of hydrogen-bond acceptors (Lipinski definition) is 1. The van der Waals surface area contributed by atoms with Crippen LogP contribution in [-0.4, -0.2) is 0 Å². The zero-order chi connectivity index (χ0) is 5.82. The fourth-order valence-electron chi connectivity index (χ4n) is 0.556. The van der Waals surface area contributed by atoms with Crippen LogP contribution in [0.3, 0.4) is 0 Å². The minimum absolute atomic E-state index is 0. The highest BCUT2D eigenvalue weighted by molar-refractivity contribution is 14.0. The first kappa shape index (κ1) is 13.2. The highest BCUT2D eigenvalue weighted by Gasteiger charge is 1.86. The van der Waals surface area contributed by atoms with Crippen LogP contribution in [0.1, 0.15) is 0 Å². The average Bonchev–Trinajstić information content (AvgIpc) is 1.90. The molecule has 10 heavy (non-hydrogen) atoms. The molecule has 0 atom stereocenters. The van der Waals surface area contributed by atoms with Gasteiger partial charge in [0.2, 0.25) is 0 Å². The van der Waals surface area contributed by atoms with Gasteiger partial charge in [0.1, 0.15) is 0 Å². The smallest absolute Gasteiger partial charge is 0.199 e. The fourth-order valence-corrected chi connectivity index (χ4v) is 0.556. The van der Waals surface area contributed by atoms with E-state index in [9.17, 15) is 0 Å². The molecule has 0 saturated carbocycles. The van der Waals surface area contributed by atoms with Crippen molar-refractivity contribution < 1.29 is 28.5 Å². The Hall–Kier alpha value is 0.570. The molecule has 0 bridgehead atoms. The third-order valence-electron chi connectivity index (χ3n) is 0.988. The number of nitrogens with two attached hydrogens (primary N) is 1. The molecule has 1 rings (SSSR count). The Morgan fingerprint density at radius 2 is 1.60 bits per heavy atom. The van der Waals surface area contributed by atoms with Crippen molar-refractivity contribution >= 4 is 24.0 Å². The molecule has 0 aromatic carbocycles. The predicted octanol–water partition coefficient (Wildman–Crippen LogP) is -2.49. The molecule has 1 aromatic heterocycles. The highest BCUT2D eigenvalue weighted by atomic mass is 127. The fraction of sp³-hybridized carbons (Fsp3) is 0.167. The number of rotatable bonds is 1. The van der Waals surface area contributed by atoms with Gasteiger partial charge >= 0.3 is 0 Å². The zero-order valence-electron chi connectivity index (χ0n) is 5.40. The minimum Gasteiger partial charge on any atom is -1.00 e. The summed E-state index contributed by atoms with van der Waals surface area (Å²) in [5, 5.41) is 0. The molecule has 0 amide bonds. The second-order valence-corrected chi connectivity index (χ2v) is 1.57.